The van der Waals surface area contributed by atoms with Gasteiger partial charge in [0.2, 0.25) is 0 Å². The molecule has 0 unspecified atom stereocenters. The topological polar surface area (TPSA) is 58.6 Å². The number of anilines is 2. The van der Waals surface area contributed by atoms with E-state index in [1.54, 1.807) is 18.2 Å². The van der Waals surface area contributed by atoms with Crippen LogP contribution in [0, 0.1) is 6.92 Å². The molecule has 0 aliphatic carbocycles. The minimum atomic E-state index is -0.388. The van der Waals surface area contributed by atoms with Gasteiger partial charge in [0.15, 0.2) is 0 Å². The van der Waals surface area contributed by atoms with Gasteiger partial charge in [0, 0.05) is 11.8 Å². The average molecular weight is 455 g/mol. The lowest BCUT2D eigenvalue weighted by molar-refractivity contribution is -0.120. The third-order valence-electron chi connectivity index (χ3n) is 5.82. The molecular weight excluding hydrogens is 424 g/mol. The standard InChI is InChI=1S/C29H30N2O3/c1-5-17-34-25-8-6-7-24(18-25)31-28(32)26(22-11-9-20(4)10-12-22)27(29(31)33)30-23-15-13-21(14-16-23)19(2)3/h6-16,18-19,30H,5,17H2,1-4H3. The highest BCUT2D eigenvalue weighted by molar-refractivity contribution is 6.46. The summed E-state index contributed by atoms with van der Waals surface area (Å²) in [5.41, 5.74) is 4.86. The quantitative estimate of drug-likeness (QED) is 0.406. The van der Waals surface area contributed by atoms with Gasteiger partial charge in [-0.1, -0.05) is 68.8 Å². The Balaban J connectivity index is 1.74. The third kappa shape index (κ3) is 4.74. The molecule has 5 nitrogen and oxygen atoms in total. The van der Waals surface area contributed by atoms with Crippen molar-refractivity contribution in [2.24, 2.45) is 0 Å². The van der Waals surface area contributed by atoms with Crippen molar-refractivity contribution < 1.29 is 14.3 Å². The van der Waals surface area contributed by atoms with E-state index in [0.717, 1.165) is 17.7 Å². The molecule has 0 bridgehead atoms. The highest BCUT2D eigenvalue weighted by Gasteiger charge is 2.40. The molecule has 0 aromatic heterocycles. The van der Waals surface area contributed by atoms with Gasteiger partial charge in [0.25, 0.3) is 11.8 Å². The second kappa shape index (κ2) is 9.96. The summed E-state index contributed by atoms with van der Waals surface area (Å²) in [6.07, 6.45) is 0.870. The smallest absolute Gasteiger partial charge is 0.282 e. The van der Waals surface area contributed by atoms with Gasteiger partial charge >= 0.3 is 0 Å². The van der Waals surface area contributed by atoms with E-state index in [-0.39, 0.29) is 17.5 Å². The van der Waals surface area contributed by atoms with Gasteiger partial charge in [-0.05, 0) is 54.7 Å². The first-order chi connectivity index (χ1) is 16.4. The SMILES string of the molecule is CCCOc1cccc(N2C(=O)C(Nc3ccc(C(C)C)cc3)=C(c3ccc(C)cc3)C2=O)c1. The van der Waals surface area contributed by atoms with Crippen molar-refractivity contribution >= 4 is 28.8 Å². The molecule has 0 saturated carbocycles. The predicted octanol–water partition coefficient (Wildman–Crippen LogP) is 6.30. The summed E-state index contributed by atoms with van der Waals surface area (Å²) in [5.74, 6) is 0.287. The van der Waals surface area contributed by atoms with Crippen molar-refractivity contribution in [1.82, 2.24) is 0 Å². The number of nitrogens with one attached hydrogen (secondary N) is 1. The summed E-state index contributed by atoms with van der Waals surface area (Å²) in [7, 11) is 0. The second-order valence-corrected chi connectivity index (χ2v) is 8.81. The van der Waals surface area contributed by atoms with Crippen LogP contribution in [0.1, 0.15) is 49.8 Å². The van der Waals surface area contributed by atoms with Gasteiger partial charge < -0.3 is 10.1 Å². The van der Waals surface area contributed by atoms with Crippen LogP contribution in [0.5, 0.6) is 5.75 Å². The Bertz CT molecular complexity index is 1220. The predicted molar refractivity (Wildman–Crippen MR) is 137 cm³/mol. The number of amides is 2. The first kappa shape index (κ1) is 23.3. The zero-order chi connectivity index (χ0) is 24.2. The molecule has 1 heterocycles. The lowest BCUT2D eigenvalue weighted by atomic mass is 10.0. The molecule has 174 valence electrons. The largest absolute Gasteiger partial charge is 0.494 e. The van der Waals surface area contributed by atoms with Crippen LogP contribution in [-0.4, -0.2) is 18.4 Å². The van der Waals surface area contributed by atoms with Crippen LogP contribution in [-0.2, 0) is 9.59 Å². The number of benzene rings is 3. The molecular formula is C29H30N2O3. The Labute approximate surface area is 201 Å². The maximum Gasteiger partial charge on any atom is 0.282 e. The Kier molecular flexibility index (Phi) is 6.82. The number of rotatable bonds is 8. The summed E-state index contributed by atoms with van der Waals surface area (Å²) in [4.78, 5) is 28.5. The number of hydrogen-bond donors (Lipinski definition) is 1. The van der Waals surface area contributed by atoms with Crippen LogP contribution < -0.4 is 15.0 Å². The molecule has 3 aromatic rings. The van der Waals surface area contributed by atoms with Gasteiger partial charge in [-0.2, -0.15) is 0 Å². The fourth-order valence-electron chi connectivity index (χ4n) is 3.90. The number of hydrogen-bond acceptors (Lipinski definition) is 4. The molecule has 0 atom stereocenters. The molecule has 0 radical (unpaired) electrons. The Morgan fingerprint density at radius 2 is 1.62 bits per heavy atom. The highest BCUT2D eigenvalue weighted by atomic mass is 16.5. The zero-order valence-corrected chi connectivity index (χ0v) is 20.1. The molecule has 1 N–H and O–H groups in total. The lowest BCUT2D eigenvalue weighted by Crippen LogP contribution is -2.32. The van der Waals surface area contributed by atoms with E-state index in [0.29, 0.717) is 35.1 Å². The van der Waals surface area contributed by atoms with Crippen LogP contribution in [0.15, 0.2) is 78.5 Å². The number of carbonyl (C=O) groups is 2. The van der Waals surface area contributed by atoms with Gasteiger partial charge in [0.1, 0.15) is 11.4 Å². The minimum Gasteiger partial charge on any atom is -0.494 e. The maximum absolute atomic E-state index is 13.6. The van der Waals surface area contributed by atoms with E-state index in [4.69, 9.17) is 4.74 Å². The molecule has 1 aliphatic heterocycles. The monoisotopic (exact) mass is 454 g/mol. The van der Waals surface area contributed by atoms with E-state index in [1.165, 1.54) is 10.5 Å². The Morgan fingerprint density at radius 1 is 0.912 bits per heavy atom. The number of carbonyl (C=O) groups excluding carboxylic acids is 2. The van der Waals surface area contributed by atoms with E-state index in [1.807, 2.05) is 68.4 Å². The van der Waals surface area contributed by atoms with Crippen molar-refractivity contribution in [3.63, 3.8) is 0 Å². The number of ether oxygens (including phenoxy) is 1. The van der Waals surface area contributed by atoms with Crippen molar-refractivity contribution in [2.45, 2.75) is 40.0 Å². The first-order valence-electron chi connectivity index (χ1n) is 11.7. The van der Waals surface area contributed by atoms with Gasteiger partial charge in [-0.3, -0.25) is 9.59 Å². The normalized spacial score (nSPS) is 13.7. The van der Waals surface area contributed by atoms with Crippen LogP contribution in [0.4, 0.5) is 11.4 Å². The summed E-state index contributed by atoms with van der Waals surface area (Å²) >= 11 is 0. The summed E-state index contributed by atoms with van der Waals surface area (Å²) in [5, 5.41) is 3.24. The summed E-state index contributed by atoms with van der Waals surface area (Å²) < 4.78 is 5.72. The molecule has 0 saturated heterocycles. The summed E-state index contributed by atoms with van der Waals surface area (Å²) in [6.45, 7) is 8.85. The van der Waals surface area contributed by atoms with Gasteiger partial charge in [0.05, 0.1) is 17.9 Å². The van der Waals surface area contributed by atoms with Crippen molar-refractivity contribution in [3.8, 4) is 5.75 Å². The van der Waals surface area contributed by atoms with E-state index >= 15 is 0 Å². The summed E-state index contributed by atoms with van der Waals surface area (Å²) in [6, 6.07) is 22.7. The Hall–Kier alpha value is -3.86. The van der Waals surface area contributed by atoms with Crippen molar-refractivity contribution in [3.05, 3.63) is 95.2 Å². The van der Waals surface area contributed by atoms with Gasteiger partial charge in [-0.25, -0.2) is 4.90 Å². The van der Waals surface area contributed by atoms with E-state index in [2.05, 4.69) is 19.2 Å². The first-order valence-corrected chi connectivity index (χ1v) is 11.7. The van der Waals surface area contributed by atoms with Crippen LogP contribution in [0.25, 0.3) is 5.57 Å². The Morgan fingerprint density at radius 3 is 2.26 bits per heavy atom. The van der Waals surface area contributed by atoms with Gasteiger partial charge in [-0.15, -0.1) is 0 Å². The van der Waals surface area contributed by atoms with Crippen LogP contribution in [0.2, 0.25) is 0 Å². The van der Waals surface area contributed by atoms with E-state index in [9.17, 15) is 9.59 Å². The molecule has 4 rings (SSSR count). The van der Waals surface area contributed by atoms with Crippen LogP contribution >= 0.6 is 0 Å². The number of imide groups is 1. The maximum atomic E-state index is 13.6. The van der Waals surface area contributed by atoms with Crippen molar-refractivity contribution in [1.29, 1.82) is 0 Å². The minimum absolute atomic E-state index is 0.269. The molecule has 5 heteroatoms. The second-order valence-electron chi connectivity index (χ2n) is 8.81. The van der Waals surface area contributed by atoms with E-state index < -0.39 is 0 Å². The lowest BCUT2D eigenvalue weighted by Gasteiger charge is -2.17. The average Bonchev–Trinajstić information content (AvgIpc) is 3.08. The number of aryl methyl sites for hydroxylation is 1. The zero-order valence-electron chi connectivity index (χ0n) is 20.1. The fourth-order valence-corrected chi connectivity index (χ4v) is 3.90. The molecule has 2 amide bonds. The number of nitrogens with zero attached hydrogens (tertiary/aromatic N) is 1. The molecule has 1 aliphatic rings. The molecule has 0 fully saturated rings. The molecule has 0 spiro atoms. The highest BCUT2D eigenvalue weighted by Crippen LogP contribution is 2.35. The van der Waals surface area contributed by atoms with Crippen molar-refractivity contribution in [2.75, 3.05) is 16.8 Å². The van der Waals surface area contributed by atoms with Crippen LogP contribution in [0.3, 0.4) is 0 Å². The molecule has 3 aromatic carbocycles. The fraction of sp³-hybridized carbons (Fsp3) is 0.241. The third-order valence-corrected chi connectivity index (χ3v) is 5.82. The molecule has 34 heavy (non-hydrogen) atoms.